The van der Waals surface area contributed by atoms with Gasteiger partial charge in [-0.05, 0) is 6.16 Å². The van der Waals surface area contributed by atoms with E-state index in [4.69, 9.17) is 53.5 Å². The number of phosphoric acid groups is 2. The van der Waals surface area contributed by atoms with Crippen molar-refractivity contribution in [2.24, 2.45) is 0 Å². The Hall–Kier alpha value is 5.79. The molecule has 0 fully saturated rings. The Morgan fingerprint density at radius 3 is 0.579 bits per heavy atom. The Morgan fingerprint density at radius 2 is 0.579 bits per heavy atom. The zero-order chi connectivity index (χ0) is 12.6. The summed E-state index contributed by atoms with van der Waals surface area (Å²) in [6.45, 7) is 0. The Balaban J connectivity index is -0.0000000141. The van der Waals surface area contributed by atoms with Gasteiger partial charge in [0.2, 0.25) is 0 Å². The molecule has 11 nitrogen and oxygen atoms in total. The van der Waals surface area contributed by atoms with Crippen molar-refractivity contribution in [2.45, 2.75) is 0 Å². The monoisotopic (exact) mass is 450 g/mol. The third kappa shape index (κ3) is 337. The van der Waals surface area contributed by atoms with Crippen LogP contribution in [0.5, 0.6) is 0 Å². The number of rotatable bonds is 0. The Bertz CT molecular complexity index is 205. The van der Waals surface area contributed by atoms with Crippen LogP contribution in [0.4, 0.5) is 4.79 Å². The van der Waals surface area contributed by atoms with Gasteiger partial charge < -0.3 is 53.5 Å². The molecule has 0 aromatic heterocycles. The molecule has 0 bridgehead atoms. The normalized spacial score (nSPS) is 7.47. The van der Waals surface area contributed by atoms with Gasteiger partial charge >= 0.3 is 189 Å². The van der Waals surface area contributed by atoms with Gasteiger partial charge in [-0.25, -0.2) is 0 Å². The van der Waals surface area contributed by atoms with Crippen LogP contribution in [0.2, 0.25) is 0 Å². The maximum absolute atomic E-state index is 8.55. The average molecular weight is 450 g/mol. The topological polar surface area (TPSA) is 236 Å². The van der Waals surface area contributed by atoms with Gasteiger partial charge in [-0.15, -0.1) is 0 Å². The van der Waals surface area contributed by atoms with E-state index in [1.807, 2.05) is 0 Å². The number of carbonyl (C=O) groups excluding carboxylic acids is 1. The van der Waals surface area contributed by atoms with Crippen LogP contribution >= 0.6 is 15.6 Å². The molecule has 0 aromatic carbocycles. The molecule has 0 saturated heterocycles. The Morgan fingerprint density at radius 1 is 0.579 bits per heavy atom. The smallest absolute Gasteiger partial charge is 0.822 e. The number of hydrogen-bond donors (Lipinski definition) is 0. The van der Waals surface area contributed by atoms with Crippen molar-refractivity contribution in [3.05, 3.63) is 0 Å². The molecule has 0 aliphatic rings. The van der Waals surface area contributed by atoms with Gasteiger partial charge in [-0.3, -0.25) is 0 Å². The maximum atomic E-state index is 8.55. The van der Waals surface area contributed by atoms with E-state index >= 15 is 0 Å². The molecule has 0 aromatic rings. The Labute approximate surface area is 257 Å². The van der Waals surface area contributed by atoms with Gasteiger partial charge in [0.05, 0.1) is 0 Å². The summed E-state index contributed by atoms with van der Waals surface area (Å²) in [6.07, 6.45) is -2.33. The first kappa shape index (κ1) is 49.8. The second-order valence-electron chi connectivity index (χ2n) is 1.14. The van der Waals surface area contributed by atoms with Crippen molar-refractivity contribution in [3.8, 4) is 0 Å². The van der Waals surface area contributed by atoms with E-state index in [2.05, 4.69) is 0 Å². The molecule has 88 valence electrons. The van der Waals surface area contributed by atoms with Crippen molar-refractivity contribution in [2.75, 3.05) is 0 Å². The van der Waals surface area contributed by atoms with E-state index in [-0.39, 0.29) is 189 Å². The van der Waals surface area contributed by atoms with Gasteiger partial charge in [-0.2, -0.15) is 15.6 Å². The standard InChI is InChI=1S/CH2O3.5Ca.2H3O4P/c2-1(3)4;;;;;;2*1-5(2,3)4/h(H2,2,3,4);;;;;;2*(H3,1,2,3,4)/q;5*+2;;/p-8. The van der Waals surface area contributed by atoms with E-state index in [0.717, 1.165) is 0 Å². The minimum Gasteiger partial charge on any atom is -0.822 e. The summed E-state index contributed by atoms with van der Waals surface area (Å²) in [5.41, 5.74) is 0. The van der Waals surface area contributed by atoms with Crippen molar-refractivity contribution < 1.29 is 53.5 Å². The molecule has 0 rings (SSSR count). The second-order valence-corrected chi connectivity index (χ2v) is 2.93. The molecule has 18 heteroatoms. The molecule has 0 saturated carbocycles. The first-order valence-electron chi connectivity index (χ1n) is 2.07. The molecule has 19 heavy (non-hydrogen) atoms. The summed E-state index contributed by atoms with van der Waals surface area (Å²) in [5, 5.41) is 16.7. The van der Waals surface area contributed by atoms with Crippen molar-refractivity contribution in [3.63, 3.8) is 0 Å². The zero-order valence-corrected chi connectivity index (χ0v) is 22.3. The first-order valence-corrected chi connectivity index (χ1v) is 4.99. The molecular weight excluding hydrogens is 450 g/mol. The largest absolute Gasteiger partial charge is 2.00 e. The molecule has 0 radical (unpaired) electrons. The molecule has 0 amide bonds. The van der Waals surface area contributed by atoms with Crippen LogP contribution in [0, 0.1) is 0 Å². The summed E-state index contributed by atoms with van der Waals surface area (Å²) in [7, 11) is -10.8. The molecular formula is CCa5O11P2+2. The van der Waals surface area contributed by atoms with Gasteiger partial charge in [0.25, 0.3) is 0 Å². The molecule has 0 atom stereocenters. The fourth-order valence-corrected chi connectivity index (χ4v) is 0. The predicted octanol–water partition coefficient (Wildman–Crippen LogP) is -10.0. The van der Waals surface area contributed by atoms with Gasteiger partial charge in [0.1, 0.15) is 0 Å². The molecule has 0 aliphatic carbocycles. The number of carboxylic acid groups (broad SMARTS) is 2. The summed E-state index contributed by atoms with van der Waals surface area (Å²) >= 11 is 0. The number of hydrogen-bond acceptors (Lipinski definition) is 11. The summed E-state index contributed by atoms with van der Waals surface area (Å²) in [5.74, 6) is 0. The van der Waals surface area contributed by atoms with Crippen molar-refractivity contribution in [1.29, 1.82) is 0 Å². The van der Waals surface area contributed by atoms with Crippen LogP contribution in [0.1, 0.15) is 0 Å². The van der Waals surface area contributed by atoms with E-state index in [1.54, 1.807) is 0 Å². The van der Waals surface area contributed by atoms with Crippen LogP contribution in [-0.2, 0) is 9.13 Å². The maximum Gasteiger partial charge on any atom is 2.00 e. The molecule has 0 spiro atoms. The molecule has 0 N–H and O–H groups in total. The quantitative estimate of drug-likeness (QED) is 0.248. The van der Waals surface area contributed by atoms with E-state index in [1.165, 1.54) is 0 Å². The SMILES string of the molecule is O=C([O-])[O-].O=P([O-])([O-])[O-].O=P([O-])([O-])[O-].[Ca+2].[Ca+2].[Ca+2].[Ca+2].[Ca+2]. The van der Waals surface area contributed by atoms with Crippen LogP contribution in [0.15, 0.2) is 0 Å². The predicted molar refractivity (Wildman–Crippen MR) is 49.4 cm³/mol. The van der Waals surface area contributed by atoms with Gasteiger partial charge in [0, 0.05) is 0 Å². The Kier molecular flexibility index (Phi) is 74.9. The van der Waals surface area contributed by atoms with Gasteiger partial charge in [-0.1, -0.05) is 0 Å². The molecule has 0 aliphatic heterocycles. The van der Waals surface area contributed by atoms with Crippen LogP contribution in [0.25, 0.3) is 0 Å². The zero-order valence-electron chi connectivity index (χ0n) is 9.42. The second kappa shape index (κ2) is 28.6. The minimum absolute atomic E-state index is 0. The fraction of sp³-hybridized carbons (Fsp3) is 0. The molecule has 0 unspecified atom stereocenters. The van der Waals surface area contributed by atoms with E-state index in [9.17, 15) is 0 Å². The number of carbonyl (C=O) groups is 1. The third-order valence-corrected chi connectivity index (χ3v) is 0. The summed E-state index contributed by atoms with van der Waals surface area (Å²) in [4.78, 5) is 59.6. The van der Waals surface area contributed by atoms with Gasteiger partial charge in [0.15, 0.2) is 0 Å². The van der Waals surface area contributed by atoms with E-state index < -0.39 is 21.8 Å². The van der Waals surface area contributed by atoms with Crippen LogP contribution in [0.3, 0.4) is 0 Å². The van der Waals surface area contributed by atoms with Crippen LogP contribution in [-0.4, -0.2) is 195 Å². The fourth-order valence-electron chi connectivity index (χ4n) is 0. The third-order valence-electron chi connectivity index (χ3n) is 0. The average Bonchev–Trinajstić information content (AvgIpc) is 1.45. The summed E-state index contributed by atoms with van der Waals surface area (Å²) in [6, 6.07) is 0. The first-order chi connectivity index (χ1) is 5.73. The van der Waals surface area contributed by atoms with Crippen molar-refractivity contribution >= 4 is 210 Å². The molecule has 0 heterocycles. The van der Waals surface area contributed by atoms with E-state index in [0.29, 0.717) is 0 Å². The minimum atomic E-state index is -5.39. The van der Waals surface area contributed by atoms with Crippen molar-refractivity contribution in [1.82, 2.24) is 0 Å². The summed E-state index contributed by atoms with van der Waals surface area (Å²) < 4.78 is 17.1. The van der Waals surface area contributed by atoms with Crippen LogP contribution < -0.4 is 39.6 Å².